The molecule has 14 heavy (non-hydrogen) atoms. The van der Waals surface area contributed by atoms with E-state index in [1.807, 2.05) is 6.92 Å². The third-order valence-corrected chi connectivity index (χ3v) is 2.55. The van der Waals surface area contributed by atoms with Gasteiger partial charge < -0.3 is 10.6 Å². The summed E-state index contributed by atoms with van der Waals surface area (Å²) < 4.78 is 0.899. The minimum absolute atomic E-state index is 0. The Hall–Kier alpha value is -1.09. The zero-order chi connectivity index (χ0) is 9.42. The van der Waals surface area contributed by atoms with Crippen LogP contribution < -0.4 is 4.73 Å². The summed E-state index contributed by atoms with van der Waals surface area (Å²) in [6.07, 6.45) is 4.07. The van der Waals surface area contributed by atoms with Crippen molar-refractivity contribution in [1.82, 2.24) is 0 Å². The lowest BCUT2D eigenvalue weighted by molar-refractivity contribution is -0.614. The van der Waals surface area contributed by atoms with E-state index in [0.717, 1.165) is 40.8 Å². The second kappa shape index (κ2) is 3.96. The number of halogens is 1. The van der Waals surface area contributed by atoms with Crippen molar-refractivity contribution in [2.45, 2.75) is 26.2 Å². The monoisotopic (exact) mass is 212 g/mol. The van der Waals surface area contributed by atoms with Crippen LogP contribution in [0.15, 0.2) is 12.3 Å². The molecule has 2 rings (SSSR count). The van der Waals surface area contributed by atoms with Crippen LogP contribution in [-0.4, -0.2) is 5.71 Å². The molecule has 0 aliphatic heterocycles. The van der Waals surface area contributed by atoms with Crippen molar-refractivity contribution in [3.8, 4) is 0 Å². The highest BCUT2D eigenvalue weighted by Crippen LogP contribution is 2.20. The number of hydrogen-bond donors (Lipinski definition) is 1. The van der Waals surface area contributed by atoms with Crippen LogP contribution >= 0.6 is 12.4 Å². The summed E-state index contributed by atoms with van der Waals surface area (Å²) in [5, 5.41) is 19.1. The molecule has 1 aromatic heterocycles. The molecule has 0 atom stereocenters. The van der Waals surface area contributed by atoms with Crippen LogP contribution in [0, 0.1) is 17.5 Å². The van der Waals surface area contributed by atoms with E-state index in [1.165, 1.54) is 6.20 Å². The molecule has 3 nitrogen and oxygen atoms in total. The van der Waals surface area contributed by atoms with E-state index in [9.17, 15) is 5.21 Å². The highest BCUT2D eigenvalue weighted by atomic mass is 35.5. The molecule has 1 aliphatic rings. The molecule has 0 bridgehead atoms. The maximum Gasteiger partial charge on any atom is 0.202 e. The largest absolute Gasteiger partial charge is 0.618 e. The third kappa shape index (κ3) is 1.60. The summed E-state index contributed by atoms with van der Waals surface area (Å²) in [7, 11) is 0. The lowest BCUT2D eigenvalue weighted by Crippen LogP contribution is -2.36. The van der Waals surface area contributed by atoms with Crippen molar-refractivity contribution < 1.29 is 4.73 Å². The van der Waals surface area contributed by atoms with Crippen LogP contribution in [0.1, 0.15) is 29.7 Å². The molecule has 1 aliphatic carbocycles. The molecule has 0 unspecified atom stereocenters. The second-order valence-corrected chi connectivity index (χ2v) is 3.48. The van der Waals surface area contributed by atoms with Gasteiger partial charge in [0.25, 0.3) is 0 Å². The first-order chi connectivity index (χ1) is 6.20. The quantitative estimate of drug-likeness (QED) is 0.517. The Morgan fingerprint density at radius 3 is 2.79 bits per heavy atom. The van der Waals surface area contributed by atoms with Gasteiger partial charge in [0.15, 0.2) is 6.20 Å². The number of nitrogens with one attached hydrogen (secondary N) is 1. The van der Waals surface area contributed by atoms with Crippen LogP contribution in [0.5, 0.6) is 0 Å². The molecular weight excluding hydrogens is 200 g/mol. The van der Waals surface area contributed by atoms with Crippen molar-refractivity contribution in [2.75, 3.05) is 0 Å². The van der Waals surface area contributed by atoms with E-state index in [0.29, 0.717) is 5.71 Å². The van der Waals surface area contributed by atoms with E-state index in [1.54, 1.807) is 6.07 Å². The summed E-state index contributed by atoms with van der Waals surface area (Å²) in [6, 6.07) is 1.78. The second-order valence-electron chi connectivity index (χ2n) is 3.48. The zero-order valence-electron chi connectivity index (χ0n) is 8.04. The van der Waals surface area contributed by atoms with Crippen molar-refractivity contribution in [3.63, 3.8) is 0 Å². The SMILES string of the molecule is Cc1cc[n+]([O-])c2c1C(=N)CCC2.Cl. The Labute approximate surface area is 89.3 Å². The van der Waals surface area contributed by atoms with Crippen LogP contribution in [0.4, 0.5) is 0 Å². The third-order valence-electron chi connectivity index (χ3n) is 2.55. The molecule has 0 fully saturated rings. The van der Waals surface area contributed by atoms with Gasteiger partial charge in [-0.1, -0.05) is 0 Å². The van der Waals surface area contributed by atoms with Crippen molar-refractivity contribution in [3.05, 3.63) is 34.3 Å². The molecule has 4 heteroatoms. The number of aryl methyl sites for hydroxylation is 1. The molecule has 1 aromatic rings. The predicted octanol–water partition coefficient (Wildman–Crippen LogP) is 1.75. The number of hydrogen-bond acceptors (Lipinski definition) is 2. The van der Waals surface area contributed by atoms with Gasteiger partial charge in [0.1, 0.15) is 0 Å². The topological polar surface area (TPSA) is 50.8 Å². The highest BCUT2D eigenvalue weighted by Gasteiger charge is 2.22. The van der Waals surface area contributed by atoms with Gasteiger partial charge in [0, 0.05) is 18.2 Å². The van der Waals surface area contributed by atoms with E-state index in [-0.39, 0.29) is 12.4 Å². The Morgan fingerprint density at radius 1 is 1.43 bits per heavy atom. The Morgan fingerprint density at radius 2 is 2.14 bits per heavy atom. The first kappa shape index (κ1) is 11.0. The summed E-state index contributed by atoms with van der Waals surface area (Å²) in [4.78, 5) is 0. The molecule has 0 radical (unpaired) electrons. The fourth-order valence-electron chi connectivity index (χ4n) is 1.90. The van der Waals surface area contributed by atoms with Crippen molar-refractivity contribution >= 4 is 18.1 Å². The van der Waals surface area contributed by atoms with E-state index in [4.69, 9.17) is 5.41 Å². The number of nitrogens with zero attached hydrogens (tertiary/aromatic N) is 1. The molecule has 0 spiro atoms. The molecule has 1 N–H and O–H groups in total. The lowest BCUT2D eigenvalue weighted by atomic mass is 9.91. The normalized spacial score (nSPS) is 14.5. The first-order valence-electron chi connectivity index (χ1n) is 4.49. The Bertz CT molecular complexity index is 377. The highest BCUT2D eigenvalue weighted by molar-refractivity contribution is 6.00. The summed E-state index contributed by atoms with van der Waals surface area (Å²) in [6.45, 7) is 1.96. The standard InChI is InChI=1S/C10H12N2O.ClH/c1-7-5-6-12(13)9-4-2-3-8(11)10(7)9;/h5-6,11H,2-4H2,1H3;1H. The first-order valence-corrected chi connectivity index (χ1v) is 4.49. The lowest BCUT2D eigenvalue weighted by Gasteiger charge is -2.17. The summed E-state index contributed by atoms with van der Waals surface area (Å²) >= 11 is 0. The Balaban J connectivity index is 0.000000980. The van der Waals surface area contributed by atoms with Crippen molar-refractivity contribution in [1.29, 1.82) is 5.41 Å². The van der Waals surface area contributed by atoms with E-state index >= 15 is 0 Å². The maximum absolute atomic E-state index is 11.4. The van der Waals surface area contributed by atoms with Gasteiger partial charge in [-0.2, -0.15) is 4.73 Å². The average molecular weight is 213 g/mol. The number of pyridine rings is 1. The molecule has 0 saturated heterocycles. The minimum atomic E-state index is 0. The number of fused-ring (bicyclic) bond motifs is 1. The number of rotatable bonds is 0. The van der Waals surface area contributed by atoms with Gasteiger partial charge >= 0.3 is 0 Å². The average Bonchev–Trinajstić information content (AvgIpc) is 2.12. The molecule has 76 valence electrons. The fraction of sp³-hybridized carbons (Fsp3) is 0.400. The zero-order valence-corrected chi connectivity index (χ0v) is 8.86. The van der Waals surface area contributed by atoms with Crippen LogP contribution in [0.2, 0.25) is 0 Å². The van der Waals surface area contributed by atoms with Crippen LogP contribution in [-0.2, 0) is 6.42 Å². The van der Waals surface area contributed by atoms with Gasteiger partial charge in [-0.15, -0.1) is 12.4 Å². The van der Waals surface area contributed by atoms with Crippen LogP contribution in [0.3, 0.4) is 0 Å². The minimum Gasteiger partial charge on any atom is -0.618 e. The molecule has 0 amide bonds. The van der Waals surface area contributed by atoms with Gasteiger partial charge in [-0.05, 0) is 25.3 Å². The molecule has 1 heterocycles. The summed E-state index contributed by atoms with van der Waals surface area (Å²) in [5.41, 5.74) is 3.32. The molecule has 0 saturated carbocycles. The maximum atomic E-state index is 11.4. The summed E-state index contributed by atoms with van der Waals surface area (Å²) in [5.74, 6) is 0. The van der Waals surface area contributed by atoms with Gasteiger partial charge in [-0.3, -0.25) is 0 Å². The van der Waals surface area contributed by atoms with E-state index in [2.05, 4.69) is 0 Å². The van der Waals surface area contributed by atoms with Gasteiger partial charge in [-0.25, -0.2) is 0 Å². The molecule has 0 aromatic carbocycles. The van der Waals surface area contributed by atoms with Gasteiger partial charge in [0.05, 0.1) is 5.56 Å². The van der Waals surface area contributed by atoms with Crippen molar-refractivity contribution in [2.24, 2.45) is 0 Å². The molecular formula is C10H13ClN2O. The van der Waals surface area contributed by atoms with Crippen LogP contribution in [0.25, 0.3) is 0 Å². The smallest absolute Gasteiger partial charge is 0.202 e. The Kier molecular flexibility index (Phi) is 3.11. The predicted molar refractivity (Wildman–Crippen MR) is 57.2 cm³/mol. The number of aromatic nitrogens is 1. The van der Waals surface area contributed by atoms with Gasteiger partial charge in [0.2, 0.25) is 5.69 Å². The van der Waals surface area contributed by atoms with E-state index < -0.39 is 0 Å². The fourth-order valence-corrected chi connectivity index (χ4v) is 1.90.